The molecule has 2 nitrogen and oxygen atoms in total. The molecule has 0 aromatic heterocycles. The standard InChI is InChI=1S/C11H16O2S2/c1-8(2)10-5-4-6-11(7-10)15(12,13)9(3)14/h4-9,14H,1-3H3. The normalized spacial score (nSPS) is 14.2. The molecule has 0 saturated heterocycles. The molecule has 0 aliphatic heterocycles. The molecule has 0 heterocycles. The maximum atomic E-state index is 11.8. The van der Waals surface area contributed by atoms with E-state index in [1.165, 1.54) is 0 Å². The van der Waals surface area contributed by atoms with E-state index in [2.05, 4.69) is 12.6 Å². The average molecular weight is 244 g/mol. The summed E-state index contributed by atoms with van der Waals surface area (Å²) >= 11 is 3.99. The van der Waals surface area contributed by atoms with Crippen LogP contribution >= 0.6 is 12.6 Å². The number of hydrogen-bond acceptors (Lipinski definition) is 3. The second-order valence-electron chi connectivity index (χ2n) is 3.87. The third-order valence-corrected chi connectivity index (χ3v) is 4.94. The van der Waals surface area contributed by atoms with E-state index in [0.717, 1.165) is 5.56 Å². The molecule has 0 N–H and O–H groups in total. The molecule has 15 heavy (non-hydrogen) atoms. The molecule has 0 spiro atoms. The summed E-state index contributed by atoms with van der Waals surface area (Å²) in [5.74, 6) is 0.329. The van der Waals surface area contributed by atoms with Crippen LogP contribution in [0.1, 0.15) is 32.3 Å². The Balaban J connectivity index is 3.23. The minimum atomic E-state index is -3.27. The van der Waals surface area contributed by atoms with Gasteiger partial charge in [0, 0.05) is 0 Å². The summed E-state index contributed by atoms with van der Waals surface area (Å²) in [6, 6.07) is 7.06. The van der Waals surface area contributed by atoms with Crippen LogP contribution in [0, 0.1) is 0 Å². The Morgan fingerprint density at radius 1 is 1.20 bits per heavy atom. The van der Waals surface area contributed by atoms with E-state index in [-0.39, 0.29) is 0 Å². The van der Waals surface area contributed by atoms with Gasteiger partial charge >= 0.3 is 0 Å². The van der Waals surface area contributed by atoms with Crippen molar-refractivity contribution in [3.05, 3.63) is 29.8 Å². The van der Waals surface area contributed by atoms with Gasteiger partial charge < -0.3 is 0 Å². The number of thiol groups is 1. The van der Waals surface area contributed by atoms with Gasteiger partial charge in [-0.05, 0) is 30.5 Å². The molecule has 0 bridgehead atoms. The van der Waals surface area contributed by atoms with Crippen LogP contribution < -0.4 is 0 Å². The van der Waals surface area contributed by atoms with E-state index in [1.807, 2.05) is 19.9 Å². The fraction of sp³-hybridized carbons (Fsp3) is 0.455. The quantitative estimate of drug-likeness (QED) is 0.830. The van der Waals surface area contributed by atoms with Gasteiger partial charge in [0.1, 0.15) is 4.58 Å². The molecule has 4 heteroatoms. The largest absolute Gasteiger partial charge is 0.223 e. The fourth-order valence-corrected chi connectivity index (χ4v) is 2.58. The molecular weight excluding hydrogens is 228 g/mol. The van der Waals surface area contributed by atoms with E-state index < -0.39 is 14.4 Å². The van der Waals surface area contributed by atoms with Gasteiger partial charge in [0.25, 0.3) is 0 Å². The Morgan fingerprint density at radius 2 is 1.80 bits per heavy atom. The van der Waals surface area contributed by atoms with Crippen molar-refractivity contribution in [2.45, 2.75) is 36.2 Å². The Morgan fingerprint density at radius 3 is 2.27 bits per heavy atom. The van der Waals surface area contributed by atoms with Gasteiger partial charge in [-0.15, -0.1) is 0 Å². The Labute approximate surface area is 97.0 Å². The van der Waals surface area contributed by atoms with Gasteiger partial charge in [0.2, 0.25) is 0 Å². The van der Waals surface area contributed by atoms with Crippen LogP contribution in [0.4, 0.5) is 0 Å². The minimum Gasteiger partial charge on any atom is -0.223 e. The highest BCUT2D eigenvalue weighted by molar-refractivity contribution is 8.04. The number of sulfone groups is 1. The first-order valence-corrected chi connectivity index (χ1v) is 6.94. The zero-order valence-electron chi connectivity index (χ0n) is 9.14. The molecule has 0 saturated carbocycles. The predicted octanol–water partition coefficient (Wildman–Crippen LogP) is 2.86. The summed E-state index contributed by atoms with van der Waals surface area (Å²) in [5.41, 5.74) is 1.03. The maximum absolute atomic E-state index is 11.8. The third-order valence-electron chi connectivity index (χ3n) is 2.30. The monoisotopic (exact) mass is 244 g/mol. The summed E-state index contributed by atoms with van der Waals surface area (Å²) in [7, 11) is -3.27. The maximum Gasteiger partial charge on any atom is 0.189 e. The van der Waals surface area contributed by atoms with Gasteiger partial charge in [-0.25, -0.2) is 8.42 Å². The van der Waals surface area contributed by atoms with Crippen molar-refractivity contribution in [2.75, 3.05) is 0 Å². The van der Waals surface area contributed by atoms with Crippen molar-refractivity contribution in [1.29, 1.82) is 0 Å². The lowest BCUT2D eigenvalue weighted by atomic mass is 10.0. The van der Waals surface area contributed by atoms with E-state index in [1.54, 1.807) is 25.1 Å². The highest BCUT2D eigenvalue weighted by Gasteiger charge is 2.20. The molecule has 84 valence electrons. The summed E-state index contributed by atoms with van der Waals surface area (Å²) in [6.07, 6.45) is 0. The fourth-order valence-electron chi connectivity index (χ4n) is 1.25. The first-order valence-electron chi connectivity index (χ1n) is 4.87. The lowest BCUT2D eigenvalue weighted by Gasteiger charge is -2.10. The van der Waals surface area contributed by atoms with E-state index in [0.29, 0.717) is 10.8 Å². The Hall–Kier alpha value is -0.480. The highest BCUT2D eigenvalue weighted by atomic mass is 32.2. The van der Waals surface area contributed by atoms with Gasteiger partial charge in [0.05, 0.1) is 4.90 Å². The van der Waals surface area contributed by atoms with Crippen molar-refractivity contribution in [3.63, 3.8) is 0 Å². The van der Waals surface area contributed by atoms with E-state index >= 15 is 0 Å². The lowest BCUT2D eigenvalue weighted by Crippen LogP contribution is -2.12. The summed E-state index contributed by atoms with van der Waals surface area (Å²) < 4.78 is 23.0. The number of hydrogen-bond donors (Lipinski definition) is 1. The highest BCUT2D eigenvalue weighted by Crippen LogP contribution is 2.22. The summed E-state index contributed by atoms with van der Waals surface area (Å²) in [4.78, 5) is 0.358. The SMILES string of the molecule is CC(C)c1cccc(S(=O)(=O)C(C)S)c1. The third kappa shape index (κ3) is 2.75. The molecule has 0 fully saturated rings. The summed E-state index contributed by atoms with van der Waals surface area (Å²) in [6.45, 7) is 5.65. The molecule has 1 aromatic carbocycles. The molecule has 1 atom stereocenters. The second kappa shape index (κ2) is 4.58. The first kappa shape index (κ1) is 12.6. The van der Waals surface area contributed by atoms with Crippen LogP contribution in [0.3, 0.4) is 0 Å². The topological polar surface area (TPSA) is 34.1 Å². The van der Waals surface area contributed by atoms with Gasteiger partial charge in [-0.1, -0.05) is 26.0 Å². The Bertz CT molecular complexity index is 434. The molecule has 0 radical (unpaired) electrons. The number of rotatable bonds is 3. The smallest absolute Gasteiger partial charge is 0.189 e. The molecule has 1 aromatic rings. The number of benzene rings is 1. The lowest BCUT2D eigenvalue weighted by molar-refractivity contribution is 0.595. The molecular formula is C11H16O2S2. The van der Waals surface area contributed by atoms with E-state index in [4.69, 9.17) is 0 Å². The van der Waals surface area contributed by atoms with Gasteiger partial charge in [0.15, 0.2) is 9.84 Å². The van der Waals surface area contributed by atoms with Crippen molar-refractivity contribution < 1.29 is 8.42 Å². The zero-order valence-corrected chi connectivity index (χ0v) is 10.8. The molecule has 0 amide bonds. The first-order chi connectivity index (χ1) is 6.85. The Kier molecular flexibility index (Phi) is 3.84. The molecule has 0 aliphatic carbocycles. The predicted molar refractivity (Wildman–Crippen MR) is 66.2 cm³/mol. The van der Waals surface area contributed by atoms with Crippen molar-refractivity contribution in [1.82, 2.24) is 0 Å². The van der Waals surface area contributed by atoms with Crippen molar-refractivity contribution in [2.24, 2.45) is 0 Å². The second-order valence-corrected chi connectivity index (χ2v) is 7.26. The molecule has 1 rings (SSSR count). The van der Waals surface area contributed by atoms with Gasteiger partial charge in [-0.2, -0.15) is 12.6 Å². The van der Waals surface area contributed by atoms with Crippen LogP contribution in [-0.2, 0) is 9.84 Å². The van der Waals surface area contributed by atoms with Crippen molar-refractivity contribution >= 4 is 22.5 Å². The molecule has 0 aliphatic rings. The summed E-state index contributed by atoms with van der Waals surface area (Å²) in [5, 5.41) is 0. The van der Waals surface area contributed by atoms with E-state index in [9.17, 15) is 8.42 Å². The molecule has 1 unspecified atom stereocenters. The van der Waals surface area contributed by atoms with Gasteiger partial charge in [-0.3, -0.25) is 0 Å². The minimum absolute atomic E-state index is 0.329. The van der Waals surface area contributed by atoms with Crippen LogP contribution in [0.15, 0.2) is 29.2 Å². The average Bonchev–Trinajstić information content (AvgIpc) is 2.17. The van der Waals surface area contributed by atoms with Crippen molar-refractivity contribution in [3.8, 4) is 0 Å². The van der Waals surface area contributed by atoms with Crippen LogP contribution in [0.2, 0.25) is 0 Å². The van der Waals surface area contributed by atoms with Crippen LogP contribution in [0.25, 0.3) is 0 Å². The van der Waals surface area contributed by atoms with Crippen LogP contribution in [-0.4, -0.2) is 13.0 Å². The zero-order chi connectivity index (χ0) is 11.6. The van der Waals surface area contributed by atoms with Crippen LogP contribution in [0.5, 0.6) is 0 Å².